The number of carbonyl (C=O) groups excluding carboxylic acids is 1. The van der Waals surface area contributed by atoms with E-state index in [4.69, 9.17) is 16.7 Å². The number of anilines is 2. The monoisotopic (exact) mass is 250 g/mol. The number of rotatable bonds is 2. The van der Waals surface area contributed by atoms with Crippen molar-refractivity contribution in [1.29, 1.82) is 5.26 Å². The average molecular weight is 250 g/mol. The van der Waals surface area contributed by atoms with Crippen LogP contribution in [0.2, 0.25) is 0 Å². The van der Waals surface area contributed by atoms with Gasteiger partial charge in [-0.05, 0) is 12.3 Å². The van der Waals surface area contributed by atoms with Gasteiger partial charge in [0.1, 0.15) is 15.9 Å². The molecular weight excluding hydrogens is 236 g/mol. The molecule has 2 rings (SSSR count). The van der Waals surface area contributed by atoms with Gasteiger partial charge < -0.3 is 16.4 Å². The van der Waals surface area contributed by atoms with Crippen LogP contribution in [0.15, 0.2) is 0 Å². The normalized spacial score (nSPS) is 19.3. The molecule has 0 radical (unpaired) electrons. The molecule has 2 heterocycles. The highest BCUT2D eigenvalue weighted by Crippen LogP contribution is 2.39. The van der Waals surface area contributed by atoms with Crippen LogP contribution >= 0.6 is 11.3 Å². The summed E-state index contributed by atoms with van der Waals surface area (Å²) in [4.78, 5) is 13.9. The number of nitrogens with two attached hydrogens (primary N) is 2. The van der Waals surface area contributed by atoms with Crippen LogP contribution in [0.5, 0.6) is 0 Å². The number of hydrogen-bond donors (Lipinski definition) is 2. The van der Waals surface area contributed by atoms with E-state index in [1.807, 2.05) is 6.07 Å². The summed E-state index contributed by atoms with van der Waals surface area (Å²) in [5.74, 6) is 0.0272. The van der Waals surface area contributed by atoms with E-state index in [0.29, 0.717) is 16.4 Å². The number of carbonyl (C=O) groups is 1. The fourth-order valence-electron chi connectivity index (χ4n) is 2.09. The first kappa shape index (κ1) is 11.7. The van der Waals surface area contributed by atoms with Gasteiger partial charge in [-0.3, -0.25) is 4.79 Å². The van der Waals surface area contributed by atoms with Gasteiger partial charge in [-0.15, -0.1) is 11.3 Å². The van der Waals surface area contributed by atoms with Gasteiger partial charge in [-0.1, -0.05) is 6.92 Å². The second-order valence-electron chi connectivity index (χ2n) is 4.34. The van der Waals surface area contributed by atoms with Crippen LogP contribution in [0.1, 0.15) is 28.6 Å². The molecule has 1 aromatic heterocycles. The van der Waals surface area contributed by atoms with Gasteiger partial charge >= 0.3 is 0 Å². The lowest BCUT2D eigenvalue weighted by Gasteiger charge is -2.17. The van der Waals surface area contributed by atoms with Crippen LogP contribution < -0.4 is 16.4 Å². The topological polar surface area (TPSA) is 96.1 Å². The quantitative estimate of drug-likeness (QED) is 0.822. The molecule has 1 unspecified atom stereocenters. The van der Waals surface area contributed by atoms with E-state index in [2.05, 4.69) is 11.8 Å². The molecule has 6 heteroatoms. The number of hydrogen-bond acceptors (Lipinski definition) is 5. The number of primary amides is 1. The summed E-state index contributed by atoms with van der Waals surface area (Å²) < 4.78 is 0. The summed E-state index contributed by atoms with van der Waals surface area (Å²) in [6, 6.07) is 2.00. The Labute approximate surface area is 104 Å². The molecule has 90 valence electrons. The van der Waals surface area contributed by atoms with Crippen LogP contribution in [-0.2, 0) is 0 Å². The minimum absolute atomic E-state index is 0.222. The summed E-state index contributed by atoms with van der Waals surface area (Å²) in [7, 11) is 0. The molecule has 0 bridgehead atoms. The summed E-state index contributed by atoms with van der Waals surface area (Å²) >= 11 is 1.25. The fourth-order valence-corrected chi connectivity index (χ4v) is 3.15. The second kappa shape index (κ2) is 4.26. The number of amides is 1. The molecule has 17 heavy (non-hydrogen) atoms. The standard InChI is InChI=1S/C11H14N4OS/c1-6-2-3-15(5-6)11-8(10(14)16)9(13)7(4-12)17-11/h6H,2-3,5,13H2,1H3,(H2,14,16). The van der Waals surface area contributed by atoms with Crippen molar-refractivity contribution in [1.82, 2.24) is 0 Å². The Balaban J connectivity index is 2.46. The Kier molecular flexibility index (Phi) is 2.94. The maximum absolute atomic E-state index is 11.4. The van der Waals surface area contributed by atoms with Crippen LogP contribution in [0, 0.1) is 17.2 Å². The highest BCUT2D eigenvalue weighted by molar-refractivity contribution is 7.17. The molecule has 1 aliphatic heterocycles. The maximum atomic E-state index is 11.4. The Morgan fingerprint density at radius 2 is 2.35 bits per heavy atom. The molecule has 1 amide bonds. The van der Waals surface area contributed by atoms with Gasteiger partial charge in [-0.2, -0.15) is 5.26 Å². The molecule has 0 spiro atoms. The van der Waals surface area contributed by atoms with Crippen molar-refractivity contribution in [2.24, 2.45) is 11.7 Å². The third kappa shape index (κ3) is 1.94. The van der Waals surface area contributed by atoms with Gasteiger partial charge in [-0.25, -0.2) is 0 Å². The Morgan fingerprint density at radius 1 is 1.65 bits per heavy atom. The van der Waals surface area contributed by atoms with Crippen molar-refractivity contribution in [2.45, 2.75) is 13.3 Å². The van der Waals surface area contributed by atoms with Crippen molar-refractivity contribution < 1.29 is 4.79 Å². The molecule has 1 aliphatic rings. The first-order valence-corrected chi connectivity index (χ1v) is 6.23. The second-order valence-corrected chi connectivity index (χ2v) is 5.34. The van der Waals surface area contributed by atoms with Crippen LogP contribution in [-0.4, -0.2) is 19.0 Å². The molecule has 0 aromatic carbocycles. The van der Waals surface area contributed by atoms with E-state index in [1.165, 1.54) is 11.3 Å². The van der Waals surface area contributed by atoms with Crippen LogP contribution in [0.3, 0.4) is 0 Å². The van der Waals surface area contributed by atoms with Crippen molar-refractivity contribution >= 4 is 27.9 Å². The highest BCUT2D eigenvalue weighted by Gasteiger charge is 2.28. The molecule has 0 aliphatic carbocycles. The molecule has 0 saturated carbocycles. The van der Waals surface area contributed by atoms with E-state index in [-0.39, 0.29) is 5.69 Å². The molecule has 4 N–H and O–H groups in total. The van der Waals surface area contributed by atoms with E-state index in [0.717, 1.165) is 24.5 Å². The molecule has 1 fully saturated rings. The molecule has 5 nitrogen and oxygen atoms in total. The van der Waals surface area contributed by atoms with E-state index >= 15 is 0 Å². The fraction of sp³-hybridized carbons (Fsp3) is 0.455. The number of nitrogen functional groups attached to an aromatic ring is 1. The van der Waals surface area contributed by atoms with Gasteiger partial charge in [0.2, 0.25) is 0 Å². The van der Waals surface area contributed by atoms with Gasteiger partial charge in [0, 0.05) is 13.1 Å². The number of thiophene rings is 1. The zero-order chi connectivity index (χ0) is 12.6. The maximum Gasteiger partial charge on any atom is 0.253 e. The van der Waals surface area contributed by atoms with E-state index in [1.54, 1.807) is 0 Å². The molecule has 1 aromatic rings. The first-order valence-electron chi connectivity index (χ1n) is 5.41. The predicted octanol–water partition coefficient (Wildman–Crippen LogP) is 1.15. The molecular formula is C11H14N4OS. The molecule has 1 saturated heterocycles. The minimum Gasteiger partial charge on any atom is -0.396 e. The van der Waals surface area contributed by atoms with E-state index < -0.39 is 5.91 Å². The lowest BCUT2D eigenvalue weighted by Crippen LogP contribution is -2.22. The highest BCUT2D eigenvalue weighted by atomic mass is 32.1. The summed E-state index contributed by atoms with van der Waals surface area (Å²) in [6.07, 6.45) is 1.08. The van der Waals surface area contributed by atoms with Gasteiger partial charge in [0.15, 0.2) is 0 Å². The lowest BCUT2D eigenvalue weighted by molar-refractivity contribution is 0.100. The van der Waals surface area contributed by atoms with Crippen LogP contribution in [0.4, 0.5) is 10.7 Å². The Bertz CT molecular complexity index is 502. The third-order valence-corrected chi connectivity index (χ3v) is 4.16. The number of nitrogens with zero attached hydrogens (tertiary/aromatic N) is 2. The third-order valence-electron chi connectivity index (χ3n) is 2.99. The summed E-state index contributed by atoms with van der Waals surface area (Å²) in [5.41, 5.74) is 11.6. The zero-order valence-electron chi connectivity index (χ0n) is 9.56. The first-order chi connectivity index (χ1) is 8.04. The Morgan fingerprint density at radius 3 is 2.82 bits per heavy atom. The van der Waals surface area contributed by atoms with Crippen LogP contribution in [0.25, 0.3) is 0 Å². The predicted molar refractivity (Wildman–Crippen MR) is 68.0 cm³/mol. The summed E-state index contributed by atoms with van der Waals surface area (Å²) in [5, 5.41) is 9.69. The van der Waals surface area contributed by atoms with Crippen molar-refractivity contribution in [3.05, 3.63) is 10.4 Å². The van der Waals surface area contributed by atoms with Gasteiger partial charge in [0.05, 0.1) is 11.3 Å². The van der Waals surface area contributed by atoms with E-state index in [9.17, 15) is 4.79 Å². The SMILES string of the molecule is CC1CCN(c2sc(C#N)c(N)c2C(N)=O)C1. The number of nitriles is 1. The van der Waals surface area contributed by atoms with Gasteiger partial charge in [0.25, 0.3) is 5.91 Å². The average Bonchev–Trinajstić information content (AvgIpc) is 2.81. The van der Waals surface area contributed by atoms with Crippen molar-refractivity contribution in [2.75, 3.05) is 23.7 Å². The lowest BCUT2D eigenvalue weighted by atomic mass is 10.2. The largest absolute Gasteiger partial charge is 0.396 e. The zero-order valence-corrected chi connectivity index (χ0v) is 10.4. The van der Waals surface area contributed by atoms with Crippen molar-refractivity contribution in [3.8, 4) is 6.07 Å². The minimum atomic E-state index is -0.560. The molecule has 1 atom stereocenters. The Hall–Kier alpha value is -1.74. The smallest absolute Gasteiger partial charge is 0.253 e. The van der Waals surface area contributed by atoms with Crippen molar-refractivity contribution in [3.63, 3.8) is 0 Å². The summed E-state index contributed by atoms with van der Waals surface area (Å²) in [6.45, 7) is 3.92.